The van der Waals surface area contributed by atoms with Gasteiger partial charge in [0.05, 0.1) is 12.3 Å². The van der Waals surface area contributed by atoms with E-state index in [1.165, 1.54) is 30.3 Å². The summed E-state index contributed by atoms with van der Waals surface area (Å²) in [6.45, 7) is -0.820. The first kappa shape index (κ1) is 24.5. The van der Waals surface area contributed by atoms with Crippen molar-refractivity contribution >= 4 is 33.0 Å². The molecule has 1 saturated heterocycles. The van der Waals surface area contributed by atoms with Gasteiger partial charge in [-0.2, -0.15) is 13.2 Å². The van der Waals surface area contributed by atoms with Crippen LogP contribution in [0.15, 0.2) is 29.4 Å². The van der Waals surface area contributed by atoms with Gasteiger partial charge < -0.3 is 9.88 Å². The van der Waals surface area contributed by atoms with E-state index in [0.29, 0.717) is 0 Å². The van der Waals surface area contributed by atoms with Crippen molar-refractivity contribution in [2.24, 2.45) is 13.0 Å². The summed E-state index contributed by atoms with van der Waals surface area (Å²) in [6, 6.07) is 2.79. The molecule has 1 fully saturated rings. The van der Waals surface area contributed by atoms with Crippen molar-refractivity contribution in [2.45, 2.75) is 23.9 Å². The Labute approximate surface area is 187 Å². The number of carbonyl (C=O) groups excluding carboxylic acids is 1. The minimum atomic E-state index is -4.31. The van der Waals surface area contributed by atoms with Crippen LogP contribution in [0.25, 0.3) is 0 Å². The van der Waals surface area contributed by atoms with Gasteiger partial charge >= 0.3 is 6.18 Å². The van der Waals surface area contributed by atoms with Crippen molar-refractivity contribution in [3.05, 3.63) is 41.2 Å². The Balaban J connectivity index is 1.71. The Morgan fingerprint density at radius 3 is 2.56 bits per heavy atom. The Kier molecular flexibility index (Phi) is 7.15. The van der Waals surface area contributed by atoms with E-state index in [9.17, 15) is 30.8 Å². The van der Waals surface area contributed by atoms with Crippen LogP contribution in [0.4, 0.5) is 23.2 Å². The average Bonchev–Trinajstić information content (AvgIpc) is 2.97. The van der Waals surface area contributed by atoms with Gasteiger partial charge in [-0.25, -0.2) is 17.8 Å². The number of aromatic nitrogens is 2. The van der Waals surface area contributed by atoms with Crippen LogP contribution in [-0.2, 0) is 16.9 Å². The van der Waals surface area contributed by atoms with E-state index < -0.39 is 56.5 Å². The van der Waals surface area contributed by atoms with Crippen molar-refractivity contribution in [3.63, 3.8) is 0 Å². The Hall–Kier alpha value is -2.18. The molecule has 3 rings (SSSR count). The molecule has 0 unspecified atom stereocenters. The van der Waals surface area contributed by atoms with Crippen LogP contribution in [-0.4, -0.2) is 60.3 Å². The number of amides is 1. The molecule has 1 aliphatic heterocycles. The molecule has 2 aromatic rings. The fraction of sp³-hybridized carbons (Fsp3) is 0.474. The third-order valence-electron chi connectivity index (χ3n) is 5.19. The van der Waals surface area contributed by atoms with Gasteiger partial charge in [-0.15, -0.1) is 0 Å². The van der Waals surface area contributed by atoms with E-state index in [-0.39, 0.29) is 36.8 Å². The molecular formula is C19H21ClF4N4O3S. The lowest BCUT2D eigenvalue weighted by Gasteiger charge is -2.32. The zero-order chi connectivity index (χ0) is 23.7. The zero-order valence-corrected chi connectivity index (χ0v) is 18.6. The van der Waals surface area contributed by atoms with Gasteiger partial charge in [-0.3, -0.25) is 9.69 Å². The van der Waals surface area contributed by atoms with Crippen LogP contribution < -0.4 is 5.32 Å². The maximum Gasteiger partial charge on any atom is 0.401 e. The molecule has 1 amide bonds. The maximum atomic E-state index is 15.0. The average molecular weight is 497 g/mol. The molecule has 176 valence electrons. The molecule has 2 aromatic heterocycles. The first-order chi connectivity index (χ1) is 14.9. The predicted octanol–water partition coefficient (Wildman–Crippen LogP) is 3.51. The molecule has 7 nitrogen and oxygen atoms in total. The Morgan fingerprint density at radius 2 is 1.97 bits per heavy atom. The highest BCUT2D eigenvalue weighted by Gasteiger charge is 2.35. The number of alkyl halides is 3. The molecule has 0 aromatic carbocycles. The topological polar surface area (TPSA) is 84.3 Å². The lowest BCUT2D eigenvalue weighted by molar-refractivity contribution is -0.148. The van der Waals surface area contributed by atoms with Crippen molar-refractivity contribution < 1.29 is 30.8 Å². The number of nitrogens with zero attached hydrogens (tertiary/aromatic N) is 3. The van der Waals surface area contributed by atoms with Gasteiger partial charge in [0.1, 0.15) is 15.7 Å². The minimum absolute atomic E-state index is 0.110. The second-order valence-corrected chi connectivity index (χ2v) is 10.1. The number of hydrogen-bond acceptors (Lipinski definition) is 5. The summed E-state index contributed by atoms with van der Waals surface area (Å²) in [5, 5.41) is 2.54. The standard InChI is InChI=1S/C19H21ClF4N4O3S/c1-27-9-14(16(21)17(27)18(29)26-13-2-5-25-15(20)8-13)32(30,31)10-12-3-6-28(7-4-12)11-19(22,23)24/h2,5,8-9,12H,3-4,6-7,10-11H2,1H3,(H,25,26,29). The van der Waals surface area contributed by atoms with Gasteiger partial charge in [0.25, 0.3) is 5.91 Å². The molecular weight excluding hydrogens is 476 g/mol. The smallest absolute Gasteiger partial charge is 0.343 e. The minimum Gasteiger partial charge on any atom is -0.343 e. The van der Waals surface area contributed by atoms with Gasteiger partial charge in [0, 0.05) is 25.1 Å². The number of hydrogen-bond donors (Lipinski definition) is 1. The summed E-state index contributed by atoms with van der Waals surface area (Å²) >= 11 is 5.75. The Morgan fingerprint density at radius 1 is 1.31 bits per heavy atom. The second-order valence-electron chi connectivity index (χ2n) is 7.70. The SMILES string of the molecule is Cn1cc(S(=O)(=O)CC2CCN(CC(F)(F)F)CC2)c(F)c1C(=O)Nc1ccnc(Cl)c1. The molecule has 3 heterocycles. The fourth-order valence-electron chi connectivity index (χ4n) is 3.68. The molecule has 32 heavy (non-hydrogen) atoms. The third-order valence-corrected chi connectivity index (χ3v) is 7.26. The van der Waals surface area contributed by atoms with Crippen LogP contribution >= 0.6 is 11.6 Å². The highest BCUT2D eigenvalue weighted by molar-refractivity contribution is 7.91. The molecule has 1 N–H and O–H groups in total. The number of pyridine rings is 1. The number of nitrogens with one attached hydrogen (secondary N) is 1. The summed E-state index contributed by atoms with van der Waals surface area (Å²) < 4.78 is 79.2. The van der Waals surface area contributed by atoms with Crippen LogP contribution in [0, 0.1) is 11.7 Å². The second kappa shape index (κ2) is 9.36. The molecule has 0 radical (unpaired) electrons. The monoisotopic (exact) mass is 496 g/mol. The first-order valence-electron chi connectivity index (χ1n) is 9.65. The van der Waals surface area contributed by atoms with Crippen LogP contribution in [0.3, 0.4) is 0 Å². The molecule has 0 aliphatic carbocycles. The van der Waals surface area contributed by atoms with E-state index in [0.717, 1.165) is 10.8 Å². The number of carbonyl (C=O) groups is 1. The largest absolute Gasteiger partial charge is 0.401 e. The molecule has 0 spiro atoms. The number of rotatable bonds is 6. The quantitative estimate of drug-likeness (QED) is 0.489. The van der Waals surface area contributed by atoms with Gasteiger partial charge in [-0.05, 0) is 44.0 Å². The summed E-state index contributed by atoms with van der Waals surface area (Å²) in [7, 11) is -2.77. The van der Waals surface area contributed by atoms with E-state index in [1.807, 2.05) is 0 Å². The van der Waals surface area contributed by atoms with E-state index >= 15 is 0 Å². The molecule has 0 saturated carbocycles. The van der Waals surface area contributed by atoms with Crippen LogP contribution in [0.1, 0.15) is 23.3 Å². The molecule has 13 heteroatoms. The van der Waals surface area contributed by atoms with Crippen molar-refractivity contribution in [1.29, 1.82) is 0 Å². The summed E-state index contributed by atoms with van der Waals surface area (Å²) in [5.74, 6) is -2.86. The number of likely N-dealkylation sites (tertiary alicyclic amines) is 1. The Bertz CT molecular complexity index is 1100. The van der Waals surface area contributed by atoms with Crippen molar-refractivity contribution in [3.8, 4) is 0 Å². The maximum absolute atomic E-state index is 15.0. The normalized spacial score (nSPS) is 16.3. The zero-order valence-electron chi connectivity index (χ0n) is 17.0. The number of halogens is 5. The summed E-state index contributed by atoms with van der Waals surface area (Å²) in [4.78, 5) is 16.9. The van der Waals surface area contributed by atoms with E-state index in [2.05, 4.69) is 10.3 Å². The van der Waals surface area contributed by atoms with Gasteiger partial charge in [0.2, 0.25) is 0 Å². The van der Waals surface area contributed by atoms with Crippen molar-refractivity contribution in [1.82, 2.24) is 14.5 Å². The fourth-order valence-corrected chi connectivity index (χ4v) is 5.68. The van der Waals surface area contributed by atoms with Crippen LogP contribution in [0.2, 0.25) is 5.15 Å². The number of aryl methyl sites for hydroxylation is 1. The van der Waals surface area contributed by atoms with E-state index in [4.69, 9.17) is 11.6 Å². The lowest BCUT2D eigenvalue weighted by atomic mass is 9.99. The van der Waals surface area contributed by atoms with Crippen LogP contribution in [0.5, 0.6) is 0 Å². The summed E-state index contributed by atoms with van der Waals surface area (Å²) in [6.07, 6.45) is -1.45. The lowest BCUT2D eigenvalue weighted by Crippen LogP contribution is -2.41. The van der Waals surface area contributed by atoms with Crippen molar-refractivity contribution in [2.75, 3.05) is 30.7 Å². The highest BCUT2D eigenvalue weighted by Crippen LogP contribution is 2.28. The molecule has 1 aliphatic rings. The predicted molar refractivity (Wildman–Crippen MR) is 110 cm³/mol. The number of piperidine rings is 1. The number of anilines is 1. The third kappa shape index (κ3) is 5.99. The molecule has 0 bridgehead atoms. The number of sulfone groups is 1. The van der Waals surface area contributed by atoms with Gasteiger partial charge in [-0.1, -0.05) is 11.6 Å². The van der Waals surface area contributed by atoms with E-state index in [1.54, 1.807) is 0 Å². The summed E-state index contributed by atoms with van der Waals surface area (Å²) in [5.41, 5.74) is -0.220. The molecule has 0 atom stereocenters. The first-order valence-corrected chi connectivity index (χ1v) is 11.7. The van der Waals surface area contributed by atoms with Gasteiger partial charge in [0.15, 0.2) is 15.7 Å². The highest BCUT2D eigenvalue weighted by atomic mass is 35.5.